The van der Waals surface area contributed by atoms with Gasteiger partial charge in [0.15, 0.2) is 0 Å². The average Bonchev–Trinajstić information content (AvgIpc) is 2.92. The minimum absolute atomic E-state index is 0.104. The van der Waals surface area contributed by atoms with Crippen LogP contribution in [0.3, 0.4) is 0 Å². The normalized spacial score (nSPS) is 10.3. The molecule has 1 aromatic carbocycles. The van der Waals surface area contributed by atoms with E-state index >= 15 is 0 Å². The van der Waals surface area contributed by atoms with Crippen molar-refractivity contribution in [3.05, 3.63) is 53.5 Å². The van der Waals surface area contributed by atoms with Gasteiger partial charge in [0, 0.05) is 12.0 Å². The van der Waals surface area contributed by atoms with Gasteiger partial charge in [-0.1, -0.05) is 12.1 Å². The number of carboxylic acids is 1. The van der Waals surface area contributed by atoms with Crippen LogP contribution in [0.2, 0.25) is 0 Å². The maximum absolute atomic E-state index is 10.9. The van der Waals surface area contributed by atoms with Crippen molar-refractivity contribution in [1.29, 1.82) is 0 Å². The molecule has 0 amide bonds. The molecular weight excluding hydrogens is 272 g/mol. The first-order valence-corrected chi connectivity index (χ1v) is 6.57. The summed E-state index contributed by atoms with van der Waals surface area (Å²) in [6, 6.07) is 8.97. The number of Topliss-reactive ketones (excluding diaryl/α,β-unsaturated/α-hetero) is 1. The van der Waals surface area contributed by atoms with Gasteiger partial charge in [-0.3, -0.25) is 0 Å². The van der Waals surface area contributed by atoms with E-state index in [1.165, 1.54) is 6.26 Å². The summed E-state index contributed by atoms with van der Waals surface area (Å²) in [4.78, 5) is 21.8. The zero-order valence-corrected chi connectivity index (χ0v) is 11.7. The van der Waals surface area contributed by atoms with E-state index in [1.54, 1.807) is 25.1 Å². The first-order chi connectivity index (χ1) is 10.1. The third kappa shape index (κ3) is 4.21. The Hall–Kier alpha value is -2.56. The molecule has 21 heavy (non-hydrogen) atoms. The van der Waals surface area contributed by atoms with Gasteiger partial charge in [-0.2, -0.15) is 0 Å². The monoisotopic (exact) mass is 288 g/mol. The second-order valence-electron chi connectivity index (χ2n) is 4.71. The van der Waals surface area contributed by atoms with E-state index in [0.29, 0.717) is 24.2 Å². The van der Waals surface area contributed by atoms with Gasteiger partial charge < -0.3 is 19.1 Å². The molecule has 5 nitrogen and oxygen atoms in total. The summed E-state index contributed by atoms with van der Waals surface area (Å²) in [5, 5.41) is 8.92. The number of carbonyl (C=O) groups excluding carboxylic acids is 1. The Balaban J connectivity index is 1.93. The number of aryl methyl sites for hydroxylation is 1. The largest absolute Gasteiger partial charge is 0.489 e. The third-order valence-electron chi connectivity index (χ3n) is 3.02. The standard InChI is InChI=1S/C16H16O5/c1-11(17)2-3-12-4-6-14(7-5-12)21-10-13-8-9-20-15(13)16(18)19/h4-9H,2-3,10H2,1H3,(H,18,19). The summed E-state index contributed by atoms with van der Waals surface area (Å²) in [7, 11) is 0. The predicted octanol–water partition coefficient (Wildman–Crippen LogP) is 3.08. The molecule has 0 radical (unpaired) electrons. The zero-order chi connectivity index (χ0) is 15.2. The quantitative estimate of drug-likeness (QED) is 0.847. The Morgan fingerprint density at radius 1 is 1.19 bits per heavy atom. The number of aromatic carboxylic acids is 1. The fourth-order valence-corrected chi connectivity index (χ4v) is 1.87. The van der Waals surface area contributed by atoms with Crippen LogP contribution in [0.1, 0.15) is 35.0 Å². The highest BCUT2D eigenvalue weighted by Crippen LogP contribution is 2.17. The van der Waals surface area contributed by atoms with Crippen molar-refractivity contribution in [2.45, 2.75) is 26.4 Å². The minimum Gasteiger partial charge on any atom is -0.489 e. The number of hydrogen-bond donors (Lipinski definition) is 1. The molecular formula is C16H16O5. The van der Waals surface area contributed by atoms with E-state index in [-0.39, 0.29) is 18.2 Å². The molecule has 110 valence electrons. The van der Waals surface area contributed by atoms with Crippen LogP contribution in [-0.2, 0) is 17.8 Å². The summed E-state index contributed by atoms with van der Waals surface area (Å²) < 4.78 is 10.4. The number of carboxylic acid groups (broad SMARTS) is 1. The summed E-state index contributed by atoms with van der Waals surface area (Å²) in [6.45, 7) is 1.70. The maximum atomic E-state index is 10.9. The second kappa shape index (κ2) is 6.74. The van der Waals surface area contributed by atoms with Crippen molar-refractivity contribution in [2.24, 2.45) is 0 Å². The molecule has 0 aliphatic heterocycles. The van der Waals surface area contributed by atoms with Crippen LogP contribution in [0.5, 0.6) is 5.75 Å². The van der Waals surface area contributed by atoms with Gasteiger partial charge in [0.25, 0.3) is 0 Å². The lowest BCUT2D eigenvalue weighted by atomic mass is 10.1. The fraction of sp³-hybridized carbons (Fsp3) is 0.250. The zero-order valence-electron chi connectivity index (χ0n) is 11.7. The fourth-order valence-electron chi connectivity index (χ4n) is 1.87. The van der Waals surface area contributed by atoms with Crippen molar-refractivity contribution in [2.75, 3.05) is 0 Å². The van der Waals surface area contributed by atoms with Crippen molar-refractivity contribution in [3.8, 4) is 5.75 Å². The smallest absolute Gasteiger partial charge is 0.372 e. The number of rotatable bonds is 7. The average molecular weight is 288 g/mol. The van der Waals surface area contributed by atoms with Gasteiger partial charge in [0.1, 0.15) is 18.1 Å². The highest BCUT2D eigenvalue weighted by molar-refractivity contribution is 5.86. The number of ether oxygens (including phenoxy) is 1. The Labute approximate surface area is 122 Å². The van der Waals surface area contributed by atoms with E-state index < -0.39 is 5.97 Å². The molecule has 0 saturated carbocycles. The molecule has 0 bridgehead atoms. The van der Waals surface area contributed by atoms with Crippen LogP contribution in [0, 0.1) is 0 Å². The molecule has 1 N–H and O–H groups in total. The van der Waals surface area contributed by atoms with Crippen LogP contribution in [-0.4, -0.2) is 16.9 Å². The van der Waals surface area contributed by atoms with Gasteiger partial charge in [0.2, 0.25) is 5.76 Å². The SMILES string of the molecule is CC(=O)CCc1ccc(OCc2ccoc2C(=O)O)cc1. The van der Waals surface area contributed by atoms with Crippen molar-refractivity contribution < 1.29 is 23.8 Å². The number of benzene rings is 1. The molecule has 0 aliphatic rings. The molecule has 2 aromatic rings. The molecule has 0 saturated heterocycles. The highest BCUT2D eigenvalue weighted by atomic mass is 16.5. The molecule has 1 heterocycles. The van der Waals surface area contributed by atoms with Gasteiger partial charge >= 0.3 is 5.97 Å². The first kappa shape index (κ1) is 14.8. The van der Waals surface area contributed by atoms with E-state index in [1.807, 2.05) is 12.1 Å². The maximum Gasteiger partial charge on any atom is 0.372 e. The van der Waals surface area contributed by atoms with Crippen molar-refractivity contribution >= 4 is 11.8 Å². The number of furan rings is 1. The molecule has 0 fully saturated rings. The van der Waals surface area contributed by atoms with Crippen LogP contribution >= 0.6 is 0 Å². The first-order valence-electron chi connectivity index (χ1n) is 6.57. The highest BCUT2D eigenvalue weighted by Gasteiger charge is 2.14. The number of carbonyl (C=O) groups is 2. The summed E-state index contributed by atoms with van der Waals surface area (Å²) in [5.74, 6) is -0.415. The van der Waals surface area contributed by atoms with E-state index in [2.05, 4.69) is 0 Å². The predicted molar refractivity (Wildman–Crippen MR) is 75.4 cm³/mol. The molecule has 5 heteroatoms. The van der Waals surface area contributed by atoms with Gasteiger partial charge in [-0.15, -0.1) is 0 Å². The number of hydrogen-bond acceptors (Lipinski definition) is 4. The lowest BCUT2D eigenvalue weighted by molar-refractivity contribution is -0.116. The third-order valence-corrected chi connectivity index (χ3v) is 3.02. The van der Waals surface area contributed by atoms with E-state index in [4.69, 9.17) is 14.3 Å². The lowest BCUT2D eigenvalue weighted by Gasteiger charge is -2.06. The summed E-state index contributed by atoms with van der Waals surface area (Å²) in [6.07, 6.45) is 2.56. The van der Waals surface area contributed by atoms with E-state index in [0.717, 1.165) is 5.56 Å². The minimum atomic E-state index is -1.11. The molecule has 1 aromatic heterocycles. The van der Waals surface area contributed by atoms with Crippen LogP contribution in [0.4, 0.5) is 0 Å². The molecule has 0 aliphatic carbocycles. The molecule has 2 rings (SSSR count). The Morgan fingerprint density at radius 2 is 1.90 bits per heavy atom. The van der Waals surface area contributed by atoms with E-state index in [9.17, 15) is 9.59 Å². The van der Waals surface area contributed by atoms with Gasteiger partial charge in [-0.05, 0) is 37.1 Å². The number of ketones is 1. The molecule has 0 spiro atoms. The Kier molecular flexibility index (Phi) is 4.77. The topological polar surface area (TPSA) is 76.7 Å². The Morgan fingerprint density at radius 3 is 2.52 bits per heavy atom. The Bertz CT molecular complexity index is 624. The van der Waals surface area contributed by atoms with Crippen LogP contribution in [0.15, 0.2) is 41.0 Å². The van der Waals surface area contributed by atoms with Crippen molar-refractivity contribution in [3.63, 3.8) is 0 Å². The van der Waals surface area contributed by atoms with Gasteiger partial charge in [0.05, 0.1) is 6.26 Å². The lowest BCUT2D eigenvalue weighted by Crippen LogP contribution is -2.02. The molecule has 0 unspecified atom stereocenters. The summed E-state index contributed by atoms with van der Waals surface area (Å²) >= 11 is 0. The van der Waals surface area contributed by atoms with Crippen LogP contribution in [0.25, 0.3) is 0 Å². The second-order valence-corrected chi connectivity index (χ2v) is 4.71. The molecule has 0 atom stereocenters. The van der Waals surface area contributed by atoms with Crippen molar-refractivity contribution in [1.82, 2.24) is 0 Å². The summed E-state index contributed by atoms with van der Waals surface area (Å²) in [5.41, 5.74) is 1.55. The van der Waals surface area contributed by atoms with Crippen LogP contribution < -0.4 is 4.74 Å². The van der Waals surface area contributed by atoms with Gasteiger partial charge in [-0.25, -0.2) is 4.79 Å².